The number of aromatic nitrogens is 2. The molecule has 0 saturated carbocycles. The minimum Gasteiger partial charge on any atom is -0.383 e. The second kappa shape index (κ2) is 7.19. The van der Waals surface area contributed by atoms with Crippen molar-refractivity contribution >= 4 is 45.8 Å². The van der Waals surface area contributed by atoms with Gasteiger partial charge in [-0.15, -0.1) is 11.6 Å². The van der Waals surface area contributed by atoms with Gasteiger partial charge in [0.15, 0.2) is 0 Å². The maximum atomic E-state index is 6.31. The predicted octanol–water partition coefficient (Wildman–Crippen LogP) is 5.63. The molecule has 2 rings (SSSR count). The molecule has 3 nitrogen and oxygen atoms in total. The first-order chi connectivity index (χ1) is 9.99. The van der Waals surface area contributed by atoms with Crippen LogP contribution in [-0.2, 0) is 4.74 Å². The van der Waals surface area contributed by atoms with Gasteiger partial charge in [-0.3, -0.25) is 0 Å². The van der Waals surface area contributed by atoms with Crippen LogP contribution in [0.3, 0.4) is 0 Å². The zero-order valence-corrected chi connectivity index (χ0v) is 14.6. The molecule has 1 aromatic carbocycles. The number of benzene rings is 1. The molecule has 0 aliphatic rings. The normalized spacial score (nSPS) is 14.6. The molecule has 0 aliphatic heterocycles. The summed E-state index contributed by atoms with van der Waals surface area (Å²) in [6.45, 7) is 4.67. The molecule has 0 bridgehead atoms. The Morgan fingerprint density at radius 3 is 2.52 bits per heavy atom. The smallest absolute Gasteiger partial charge is 0.128 e. The average molecular weight is 350 g/mol. The van der Waals surface area contributed by atoms with Gasteiger partial charge in [-0.2, -0.15) is 0 Å². The zero-order chi connectivity index (χ0) is 15.6. The maximum absolute atomic E-state index is 6.31. The van der Waals surface area contributed by atoms with Gasteiger partial charge in [-0.25, -0.2) is 4.98 Å². The van der Waals surface area contributed by atoms with E-state index in [1.165, 1.54) is 0 Å². The van der Waals surface area contributed by atoms with Gasteiger partial charge in [0, 0.05) is 7.11 Å². The molecule has 1 heterocycles. The molecule has 2 unspecified atom stereocenters. The molecule has 116 valence electrons. The molecule has 0 fully saturated rings. The van der Waals surface area contributed by atoms with Crippen LogP contribution in [0.2, 0.25) is 10.0 Å². The lowest BCUT2D eigenvalue weighted by Crippen LogP contribution is -2.17. The summed E-state index contributed by atoms with van der Waals surface area (Å²) in [6.07, 6.45) is 2.03. The van der Waals surface area contributed by atoms with Gasteiger partial charge in [0.1, 0.15) is 5.82 Å². The van der Waals surface area contributed by atoms with Crippen molar-refractivity contribution in [2.24, 2.45) is 0 Å². The fraction of sp³-hybridized carbons (Fsp3) is 0.533. The highest BCUT2D eigenvalue weighted by Gasteiger charge is 2.22. The summed E-state index contributed by atoms with van der Waals surface area (Å²) in [5.74, 6) is 0.820. The summed E-state index contributed by atoms with van der Waals surface area (Å²) in [7, 11) is 1.70. The monoisotopic (exact) mass is 348 g/mol. The summed E-state index contributed by atoms with van der Waals surface area (Å²) < 4.78 is 7.51. The van der Waals surface area contributed by atoms with E-state index in [9.17, 15) is 0 Å². The third-order valence-electron chi connectivity index (χ3n) is 3.46. The summed E-state index contributed by atoms with van der Waals surface area (Å²) in [5, 5.41) is 0.819. The summed E-state index contributed by atoms with van der Waals surface area (Å²) in [6, 6.07) is 3.82. The Hall–Kier alpha value is -0.480. The standard InChI is InChI=1S/C15H19Cl3N2O/c1-4-5-10(8-21-3)20-14-7-12(18)11(17)6-13(14)19-15(20)9(2)16/h6-7,9-10H,4-5,8H2,1-3H3. The van der Waals surface area contributed by atoms with Crippen LogP contribution in [0.1, 0.15) is 43.9 Å². The van der Waals surface area contributed by atoms with Crippen molar-refractivity contribution in [1.29, 1.82) is 0 Å². The van der Waals surface area contributed by atoms with Crippen LogP contribution >= 0.6 is 34.8 Å². The van der Waals surface area contributed by atoms with Crippen LogP contribution in [0.15, 0.2) is 12.1 Å². The SMILES string of the molecule is CCCC(COC)n1c(C(C)Cl)nc2cc(Cl)c(Cl)cc21. The van der Waals surface area contributed by atoms with Crippen molar-refractivity contribution in [3.05, 3.63) is 28.0 Å². The number of halogens is 3. The lowest BCUT2D eigenvalue weighted by molar-refractivity contribution is 0.150. The van der Waals surface area contributed by atoms with Crippen molar-refractivity contribution in [2.45, 2.75) is 38.1 Å². The fourth-order valence-electron chi connectivity index (χ4n) is 2.59. The first kappa shape index (κ1) is 16.9. The quantitative estimate of drug-likeness (QED) is 0.632. The number of rotatable bonds is 6. The van der Waals surface area contributed by atoms with E-state index in [0.717, 1.165) is 29.7 Å². The van der Waals surface area contributed by atoms with Crippen molar-refractivity contribution < 1.29 is 4.74 Å². The van der Waals surface area contributed by atoms with E-state index in [2.05, 4.69) is 16.5 Å². The number of methoxy groups -OCH3 is 1. The highest BCUT2D eigenvalue weighted by Crippen LogP contribution is 2.34. The lowest BCUT2D eigenvalue weighted by atomic mass is 10.1. The van der Waals surface area contributed by atoms with Crippen molar-refractivity contribution in [2.75, 3.05) is 13.7 Å². The molecule has 21 heavy (non-hydrogen) atoms. The largest absolute Gasteiger partial charge is 0.383 e. The van der Waals surface area contributed by atoms with Crippen LogP contribution in [0.25, 0.3) is 11.0 Å². The molecule has 6 heteroatoms. The molecule has 0 radical (unpaired) electrons. The van der Waals surface area contributed by atoms with Crippen molar-refractivity contribution in [3.63, 3.8) is 0 Å². The van der Waals surface area contributed by atoms with Crippen LogP contribution in [0.5, 0.6) is 0 Å². The van der Waals surface area contributed by atoms with E-state index in [0.29, 0.717) is 16.7 Å². The Morgan fingerprint density at radius 2 is 1.95 bits per heavy atom. The molecular formula is C15H19Cl3N2O. The summed E-state index contributed by atoms with van der Waals surface area (Å²) in [5.41, 5.74) is 1.76. The van der Waals surface area contributed by atoms with Gasteiger partial charge >= 0.3 is 0 Å². The summed E-state index contributed by atoms with van der Waals surface area (Å²) >= 11 is 18.6. The van der Waals surface area contributed by atoms with Crippen LogP contribution in [0, 0.1) is 0 Å². The predicted molar refractivity (Wildman–Crippen MR) is 89.8 cm³/mol. The van der Waals surface area contributed by atoms with Crippen molar-refractivity contribution in [1.82, 2.24) is 9.55 Å². The topological polar surface area (TPSA) is 27.1 Å². The highest BCUT2D eigenvalue weighted by atomic mass is 35.5. The summed E-state index contributed by atoms with van der Waals surface area (Å²) in [4.78, 5) is 4.63. The van der Waals surface area contributed by atoms with Gasteiger partial charge in [-0.05, 0) is 25.5 Å². The maximum Gasteiger partial charge on any atom is 0.128 e. The molecule has 0 amide bonds. The van der Waals surface area contributed by atoms with Crippen LogP contribution in [0.4, 0.5) is 0 Å². The minimum absolute atomic E-state index is 0.179. The van der Waals surface area contributed by atoms with E-state index in [-0.39, 0.29) is 11.4 Å². The van der Waals surface area contributed by atoms with Gasteiger partial charge in [0.05, 0.1) is 39.1 Å². The first-order valence-corrected chi connectivity index (χ1v) is 8.18. The Labute approximate surface area is 140 Å². The van der Waals surface area contributed by atoms with E-state index in [4.69, 9.17) is 39.5 Å². The van der Waals surface area contributed by atoms with Gasteiger partial charge in [0.2, 0.25) is 0 Å². The Morgan fingerprint density at radius 1 is 1.29 bits per heavy atom. The molecule has 0 spiro atoms. The number of fused-ring (bicyclic) bond motifs is 1. The van der Waals surface area contributed by atoms with Crippen LogP contribution < -0.4 is 0 Å². The fourth-order valence-corrected chi connectivity index (χ4v) is 3.06. The Kier molecular flexibility index (Phi) is 5.78. The molecule has 2 atom stereocenters. The number of nitrogens with zero attached hydrogens (tertiary/aromatic N) is 2. The van der Waals surface area contributed by atoms with Crippen LogP contribution in [-0.4, -0.2) is 23.3 Å². The highest BCUT2D eigenvalue weighted by molar-refractivity contribution is 6.42. The number of hydrogen-bond acceptors (Lipinski definition) is 2. The number of ether oxygens (including phenoxy) is 1. The number of hydrogen-bond donors (Lipinski definition) is 0. The Bertz CT molecular complexity index is 619. The third kappa shape index (κ3) is 3.48. The third-order valence-corrected chi connectivity index (χ3v) is 4.38. The Balaban J connectivity index is 2.66. The van der Waals surface area contributed by atoms with E-state index >= 15 is 0 Å². The number of imidazole rings is 1. The van der Waals surface area contributed by atoms with Gasteiger partial charge in [0.25, 0.3) is 0 Å². The number of alkyl halides is 1. The lowest BCUT2D eigenvalue weighted by Gasteiger charge is -2.21. The van der Waals surface area contributed by atoms with Gasteiger partial charge < -0.3 is 9.30 Å². The van der Waals surface area contributed by atoms with Gasteiger partial charge in [-0.1, -0.05) is 36.5 Å². The molecular weight excluding hydrogens is 331 g/mol. The van der Waals surface area contributed by atoms with E-state index in [1.807, 2.05) is 13.0 Å². The molecule has 2 aromatic rings. The molecule has 0 N–H and O–H groups in total. The molecule has 0 saturated heterocycles. The zero-order valence-electron chi connectivity index (χ0n) is 12.4. The van der Waals surface area contributed by atoms with E-state index < -0.39 is 0 Å². The second-order valence-electron chi connectivity index (χ2n) is 5.11. The first-order valence-electron chi connectivity index (χ1n) is 6.99. The van der Waals surface area contributed by atoms with Crippen molar-refractivity contribution in [3.8, 4) is 0 Å². The second-order valence-corrected chi connectivity index (χ2v) is 6.58. The minimum atomic E-state index is -0.203. The molecule has 0 aliphatic carbocycles. The average Bonchev–Trinajstić information content (AvgIpc) is 2.78. The molecule has 1 aromatic heterocycles. The van der Waals surface area contributed by atoms with E-state index in [1.54, 1.807) is 13.2 Å².